The SMILES string of the molecule is O=C(Cl)c1ccc([N+](=O)[O-])c(-c2c(F)csc2F)c1. The van der Waals surface area contributed by atoms with E-state index in [1.54, 1.807) is 0 Å². The molecule has 2 aromatic rings. The largest absolute Gasteiger partial charge is 0.277 e. The lowest BCUT2D eigenvalue weighted by Gasteiger charge is -2.03. The Morgan fingerprint density at radius 3 is 2.53 bits per heavy atom. The second kappa shape index (κ2) is 5.02. The van der Waals surface area contributed by atoms with Crippen LogP contribution in [0.25, 0.3) is 11.1 Å². The van der Waals surface area contributed by atoms with Crippen molar-refractivity contribution in [2.45, 2.75) is 0 Å². The van der Waals surface area contributed by atoms with Gasteiger partial charge in [-0.25, -0.2) is 4.39 Å². The van der Waals surface area contributed by atoms with E-state index in [9.17, 15) is 23.7 Å². The Labute approximate surface area is 114 Å². The summed E-state index contributed by atoms with van der Waals surface area (Å²) in [7, 11) is 0. The van der Waals surface area contributed by atoms with Crippen LogP contribution in [0.5, 0.6) is 0 Å². The molecule has 1 aromatic carbocycles. The molecule has 4 nitrogen and oxygen atoms in total. The highest BCUT2D eigenvalue weighted by Gasteiger charge is 2.24. The molecule has 1 aromatic heterocycles. The van der Waals surface area contributed by atoms with E-state index in [2.05, 4.69) is 0 Å². The summed E-state index contributed by atoms with van der Waals surface area (Å²) in [6, 6.07) is 3.11. The number of thiophene rings is 1. The zero-order valence-electron chi connectivity index (χ0n) is 9.02. The lowest BCUT2D eigenvalue weighted by Crippen LogP contribution is -1.97. The predicted molar refractivity (Wildman–Crippen MR) is 66.5 cm³/mol. The zero-order chi connectivity index (χ0) is 14.2. The van der Waals surface area contributed by atoms with Crippen LogP contribution in [-0.4, -0.2) is 10.2 Å². The Hall–Kier alpha value is -1.86. The molecule has 0 aliphatic carbocycles. The van der Waals surface area contributed by atoms with E-state index in [1.807, 2.05) is 0 Å². The van der Waals surface area contributed by atoms with Gasteiger partial charge < -0.3 is 0 Å². The molecular weight excluding hydrogens is 300 g/mol. The molecule has 0 aliphatic heterocycles. The molecule has 19 heavy (non-hydrogen) atoms. The lowest BCUT2D eigenvalue weighted by molar-refractivity contribution is -0.384. The van der Waals surface area contributed by atoms with E-state index in [4.69, 9.17) is 11.6 Å². The maximum absolute atomic E-state index is 13.5. The van der Waals surface area contributed by atoms with Gasteiger partial charge in [-0.1, -0.05) is 0 Å². The van der Waals surface area contributed by atoms with Crippen molar-refractivity contribution in [3.63, 3.8) is 0 Å². The van der Waals surface area contributed by atoms with Gasteiger partial charge >= 0.3 is 0 Å². The summed E-state index contributed by atoms with van der Waals surface area (Å²) >= 11 is 5.73. The Morgan fingerprint density at radius 1 is 1.37 bits per heavy atom. The highest BCUT2D eigenvalue weighted by Crippen LogP contribution is 2.37. The quantitative estimate of drug-likeness (QED) is 0.489. The Kier molecular flexibility index (Phi) is 3.59. The average molecular weight is 304 g/mol. The first-order chi connectivity index (χ1) is 8.91. The van der Waals surface area contributed by atoms with Gasteiger partial charge in [-0.05, 0) is 23.7 Å². The van der Waals surface area contributed by atoms with Gasteiger partial charge in [0, 0.05) is 17.0 Å². The molecule has 2 rings (SSSR count). The summed E-state index contributed by atoms with van der Waals surface area (Å²) in [4.78, 5) is 21.1. The van der Waals surface area contributed by atoms with E-state index in [-0.39, 0.29) is 11.1 Å². The normalized spacial score (nSPS) is 10.5. The molecule has 98 valence electrons. The van der Waals surface area contributed by atoms with Crippen LogP contribution in [0.4, 0.5) is 14.5 Å². The van der Waals surface area contributed by atoms with E-state index >= 15 is 0 Å². The van der Waals surface area contributed by atoms with Crippen LogP contribution in [0, 0.1) is 21.1 Å². The first-order valence-electron chi connectivity index (χ1n) is 4.83. The fraction of sp³-hybridized carbons (Fsp3) is 0. The third-order valence-corrected chi connectivity index (χ3v) is 3.34. The predicted octanol–water partition coefficient (Wildman–Crippen LogP) is 3.98. The summed E-state index contributed by atoms with van der Waals surface area (Å²) in [5.41, 5.74) is -1.42. The second-order valence-electron chi connectivity index (χ2n) is 3.50. The van der Waals surface area contributed by atoms with Crippen molar-refractivity contribution in [3.05, 3.63) is 50.2 Å². The summed E-state index contributed by atoms with van der Waals surface area (Å²) < 4.78 is 27.0. The third-order valence-electron chi connectivity index (χ3n) is 2.39. The molecule has 0 unspecified atom stereocenters. The van der Waals surface area contributed by atoms with E-state index in [0.29, 0.717) is 11.3 Å². The molecule has 0 saturated heterocycles. The van der Waals surface area contributed by atoms with Gasteiger partial charge in [-0.2, -0.15) is 4.39 Å². The monoisotopic (exact) mass is 303 g/mol. The Morgan fingerprint density at radius 2 is 2.05 bits per heavy atom. The smallest absolute Gasteiger partial charge is 0.276 e. The fourth-order valence-corrected chi connectivity index (χ4v) is 2.34. The van der Waals surface area contributed by atoms with Crippen LogP contribution in [-0.2, 0) is 0 Å². The molecule has 0 radical (unpaired) electrons. The number of nitro groups is 1. The first kappa shape index (κ1) is 13.6. The van der Waals surface area contributed by atoms with Gasteiger partial charge in [-0.15, -0.1) is 11.3 Å². The van der Waals surface area contributed by atoms with Gasteiger partial charge in [0.1, 0.15) is 5.82 Å². The van der Waals surface area contributed by atoms with Crippen molar-refractivity contribution in [1.82, 2.24) is 0 Å². The number of rotatable bonds is 3. The fourth-order valence-electron chi connectivity index (χ4n) is 1.57. The third kappa shape index (κ3) is 2.47. The Balaban J connectivity index is 2.75. The van der Waals surface area contributed by atoms with Gasteiger partial charge in [0.15, 0.2) is 5.13 Å². The molecule has 8 heteroatoms. The van der Waals surface area contributed by atoms with Crippen molar-refractivity contribution >= 4 is 33.9 Å². The number of hydrogen-bond donors (Lipinski definition) is 0. The van der Waals surface area contributed by atoms with Crippen molar-refractivity contribution in [3.8, 4) is 11.1 Å². The highest BCUT2D eigenvalue weighted by molar-refractivity contribution is 7.08. The van der Waals surface area contributed by atoms with E-state index in [0.717, 1.165) is 23.6 Å². The topological polar surface area (TPSA) is 60.2 Å². The molecule has 0 saturated carbocycles. The number of benzene rings is 1. The molecule has 0 spiro atoms. The van der Waals surface area contributed by atoms with Gasteiger partial charge in [0.2, 0.25) is 0 Å². The first-order valence-corrected chi connectivity index (χ1v) is 6.08. The molecule has 0 atom stereocenters. The van der Waals surface area contributed by atoms with Gasteiger partial charge in [-0.3, -0.25) is 14.9 Å². The van der Waals surface area contributed by atoms with Crippen molar-refractivity contribution in [2.75, 3.05) is 0 Å². The number of halogens is 3. The molecular formula is C11H4ClF2NO3S. The van der Waals surface area contributed by atoms with Crippen LogP contribution in [0.15, 0.2) is 23.6 Å². The van der Waals surface area contributed by atoms with E-state index in [1.165, 1.54) is 0 Å². The van der Waals surface area contributed by atoms with Crippen LogP contribution in [0.3, 0.4) is 0 Å². The minimum atomic E-state index is -0.926. The minimum absolute atomic E-state index is 0.0766. The van der Waals surface area contributed by atoms with E-state index < -0.39 is 32.4 Å². The molecule has 0 bridgehead atoms. The number of nitro benzene ring substituents is 1. The maximum atomic E-state index is 13.5. The standard InChI is InChI=1S/C11H4ClF2NO3S/c12-10(16)5-1-2-8(15(17)18)6(3-5)9-7(13)4-19-11(9)14/h1-4H. The van der Waals surface area contributed by atoms with Crippen LogP contribution in [0.2, 0.25) is 0 Å². The summed E-state index contributed by atoms with van der Waals surface area (Å²) in [6.45, 7) is 0. The minimum Gasteiger partial charge on any atom is -0.276 e. The second-order valence-corrected chi connectivity index (χ2v) is 4.67. The van der Waals surface area contributed by atoms with Crippen molar-refractivity contribution < 1.29 is 18.5 Å². The summed E-state index contributed by atoms with van der Waals surface area (Å²) in [5, 5.41) is 9.99. The van der Waals surface area contributed by atoms with Gasteiger partial charge in [0.05, 0.1) is 16.1 Å². The van der Waals surface area contributed by atoms with Crippen molar-refractivity contribution in [2.24, 2.45) is 0 Å². The summed E-state index contributed by atoms with van der Waals surface area (Å²) in [5.74, 6) is -0.926. The molecule has 0 N–H and O–H groups in total. The molecule has 0 aliphatic rings. The van der Waals surface area contributed by atoms with Crippen molar-refractivity contribution in [1.29, 1.82) is 0 Å². The lowest BCUT2D eigenvalue weighted by atomic mass is 10.0. The highest BCUT2D eigenvalue weighted by atomic mass is 35.5. The number of nitrogens with zero attached hydrogens (tertiary/aromatic N) is 1. The van der Waals surface area contributed by atoms with Gasteiger partial charge in [0.25, 0.3) is 10.9 Å². The van der Waals surface area contributed by atoms with Crippen LogP contribution < -0.4 is 0 Å². The number of hydrogen-bond acceptors (Lipinski definition) is 4. The Bertz CT molecular complexity index is 667. The zero-order valence-corrected chi connectivity index (χ0v) is 10.6. The molecule has 1 heterocycles. The number of carbonyl (C=O) groups excluding carboxylic acids is 1. The van der Waals surface area contributed by atoms with Crippen LogP contribution >= 0.6 is 22.9 Å². The molecule has 0 fully saturated rings. The van der Waals surface area contributed by atoms with Crippen LogP contribution in [0.1, 0.15) is 10.4 Å². The molecule has 0 amide bonds. The number of carbonyl (C=O) groups is 1. The average Bonchev–Trinajstić information content (AvgIpc) is 2.68. The summed E-state index contributed by atoms with van der Waals surface area (Å²) in [6.07, 6.45) is 0. The maximum Gasteiger partial charge on any atom is 0.277 e.